The van der Waals surface area contributed by atoms with Crippen LogP contribution >= 0.6 is 11.8 Å². The fourth-order valence-corrected chi connectivity index (χ4v) is 3.61. The third-order valence-electron chi connectivity index (χ3n) is 4.33. The van der Waals surface area contributed by atoms with E-state index in [0.717, 1.165) is 29.1 Å². The summed E-state index contributed by atoms with van der Waals surface area (Å²) in [5.41, 5.74) is 6.81. The molecule has 6 nitrogen and oxygen atoms in total. The number of rotatable bonds is 8. The monoisotopic (exact) mass is 419 g/mol. The minimum atomic E-state index is -0.189. The van der Waals surface area contributed by atoms with Crippen molar-refractivity contribution in [2.45, 2.75) is 32.5 Å². The zero-order valence-electron chi connectivity index (χ0n) is 17.4. The van der Waals surface area contributed by atoms with Crippen molar-refractivity contribution in [2.75, 3.05) is 5.75 Å². The normalized spacial score (nSPS) is 11.8. The van der Waals surface area contributed by atoms with Gasteiger partial charge in [0.1, 0.15) is 0 Å². The molecule has 0 fully saturated rings. The van der Waals surface area contributed by atoms with Crippen LogP contribution in [0.15, 0.2) is 70.4 Å². The molecule has 0 bridgehead atoms. The van der Waals surface area contributed by atoms with E-state index in [1.807, 2.05) is 67.0 Å². The van der Waals surface area contributed by atoms with Gasteiger partial charge in [0.15, 0.2) is 11.0 Å². The molecule has 0 saturated heterocycles. The predicted octanol–water partition coefficient (Wildman–Crippen LogP) is 4.57. The Balaban J connectivity index is 1.56. The van der Waals surface area contributed by atoms with Crippen molar-refractivity contribution in [3.63, 3.8) is 0 Å². The number of aromatic nitrogens is 3. The van der Waals surface area contributed by atoms with Gasteiger partial charge in [0.2, 0.25) is 0 Å². The van der Waals surface area contributed by atoms with Gasteiger partial charge in [-0.15, -0.1) is 10.2 Å². The van der Waals surface area contributed by atoms with Crippen LogP contribution in [0.5, 0.6) is 0 Å². The highest BCUT2D eigenvalue weighted by Gasteiger charge is 2.14. The van der Waals surface area contributed by atoms with E-state index < -0.39 is 0 Å². The number of hydrazone groups is 1. The van der Waals surface area contributed by atoms with Crippen LogP contribution in [0.3, 0.4) is 0 Å². The molecule has 0 spiro atoms. The van der Waals surface area contributed by atoms with Crippen molar-refractivity contribution < 1.29 is 4.79 Å². The van der Waals surface area contributed by atoms with Gasteiger partial charge >= 0.3 is 0 Å². The van der Waals surface area contributed by atoms with Gasteiger partial charge in [0.05, 0.1) is 12.0 Å². The number of nitrogens with one attached hydrogen (secondary N) is 1. The second-order valence-corrected chi connectivity index (χ2v) is 7.74. The highest BCUT2D eigenvalue weighted by atomic mass is 32.2. The molecule has 1 aromatic heterocycles. The van der Waals surface area contributed by atoms with E-state index in [1.54, 1.807) is 6.21 Å². The highest BCUT2D eigenvalue weighted by molar-refractivity contribution is 7.99. The van der Waals surface area contributed by atoms with Crippen LogP contribution in [0.1, 0.15) is 25.0 Å². The predicted molar refractivity (Wildman–Crippen MR) is 123 cm³/mol. The molecule has 3 rings (SSSR count). The molecular formula is C23H25N5OS. The van der Waals surface area contributed by atoms with E-state index in [9.17, 15) is 4.79 Å². The van der Waals surface area contributed by atoms with Crippen LogP contribution in [0.25, 0.3) is 17.5 Å². The number of carbonyl (C=O) groups is 1. The maximum absolute atomic E-state index is 12.1. The van der Waals surface area contributed by atoms with Gasteiger partial charge in [0.25, 0.3) is 5.91 Å². The Hall–Kier alpha value is -3.19. The summed E-state index contributed by atoms with van der Waals surface area (Å²) in [6, 6.07) is 18.1. The van der Waals surface area contributed by atoms with Gasteiger partial charge in [-0.3, -0.25) is 4.79 Å². The van der Waals surface area contributed by atoms with Crippen LogP contribution < -0.4 is 5.43 Å². The minimum absolute atomic E-state index is 0.189. The highest BCUT2D eigenvalue weighted by Crippen LogP contribution is 2.24. The summed E-state index contributed by atoms with van der Waals surface area (Å²) in [6.07, 6.45) is 3.64. The fourth-order valence-electron chi connectivity index (χ4n) is 2.81. The first-order chi connectivity index (χ1) is 14.6. The molecule has 0 aliphatic rings. The summed E-state index contributed by atoms with van der Waals surface area (Å²) in [5, 5.41) is 13.3. The van der Waals surface area contributed by atoms with Crippen molar-refractivity contribution in [2.24, 2.45) is 5.10 Å². The second-order valence-electron chi connectivity index (χ2n) is 6.80. The number of thioether (sulfide) groups is 1. The lowest BCUT2D eigenvalue weighted by molar-refractivity contribution is -0.118. The van der Waals surface area contributed by atoms with E-state index in [0.29, 0.717) is 5.16 Å². The summed E-state index contributed by atoms with van der Waals surface area (Å²) in [5.74, 6) is 0.830. The summed E-state index contributed by atoms with van der Waals surface area (Å²) >= 11 is 1.35. The largest absolute Gasteiger partial charge is 0.302 e. The lowest BCUT2D eigenvalue weighted by Crippen LogP contribution is -2.20. The molecule has 1 N–H and O–H groups in total. The number of carbonyl (C=O) groups excluding carboxylic acids is 1. The average Bonchev–Trinajstić information content (AvgIpc) is 3.16. The summed E-state index contributed by atoms with van der Waals surface area (Å²) in [6.45, 7) is 6.75. The van der Waals surface area contributed by atoms with E-state index in [1.165, 1.54) is 17.3 Å². The Morgan fingerprint density at radius 1 is 1.13 bits per heavy atom. The van der Waals surface area contributed by atoms with Crippen molar-refractivity contribution >= 4 is 30.0 Å². The number of hydrogen-bond donors (Lipinski definition) is 1. The molecule has 1 amide bonds. The molecule has 30 heavy (non-hydrogen) atoms. The smallest absolute Gasteiger partial charge is 0.250 e. The molecule has 154 valence electrons. The Morgan fingerprint density at radius 2 is 1.87 bits per heavy atom. The molecule has 3 aromatic rings. The van der Waals surface area contributed by atoms with E-state index in [2.05, 4.69) is 39.8 Å². The first-order valence-electron chi connectivity index (χ1n) is 9.75. The topological polar surface area (TPSA) is 72.2 Å². The summed E-state index contributed by atoms with van der Waals surface area (Å²) in [7, 11) is 0. The molecule has 0 aliphatic heterocycles. The third-order valence-corrected chi connectivity index (χ3v) is 5.29. The number of hydrogen-bond acceptors (Lipinski definition) is 5. The summed E-state index contributed by atoms with van der Waals surface area (Å²) in [4.78, 5) is 12.1. The molecule has 7 heteroatoms. The molecule has 0 atom stereocenters. The molecule has 2 aromatic carbocycles. The van der Waals surface area contributed by atoms with Gasteiger partial charge in [-0.25, -0.2) is 5.43 Å². The SMILES string of the molecule is CCn1c(SCC(=O)NN=CC(C)=Cc2ccccc2)nnc1-c1ccc(C)cc1. The van der Waals surface area contributed by atoms with Crippen molar-refractivity contribution in [3.8, 4) is 11.4 Å². The zero-order valence-corrected chi connectivity index (χ0v) is 18.2. The molecule has 0 unspecified atom stereocenters. The molecule has 1 heterocycles. The minimum Gasteiger partial charge on any atom is -0.302 e. The summed E-state index contributed by atoms with van der Waals surface area (Å²) < 4.78 is 2.01. The van der Waals surface area contributed by atoms with Crippen molar-refractivity contribution in [1.29, 1.82) is 0 Å². The van der Waals surface area contributed by atoms with Crippen LogP contribution in [-0.4, -0.2) is 32.6 Å². The number of benzene rings is 2. The van der Waals surface area contributed by atoms with E-state index in [4.69, 9.17) is 0 Å². The maximum atomic E-state index is 12.1. The maximum Gasteiger partial charge on any atom is 0.250 e. The first kappa shape index (κ1) is 21.5. The molecule has 0 radical (unpaired) electrons. The molecule has 0 aliphatic carbocycles. The Morgan fingerprint density at radius 3 is 2.57 bits per heavy atom. The van der Waals surface area contributed by atoms with Crippen molar-refractivity contribution in [1.82, 2.24) is 20.2 Å². The van der Waals surface area contributed by atoms with Gasteiger partial charge < -0.3 is 4.57 Å². The Kier molecular flexibility index (Phi) is 7.57. The lowest BCUT2D eigenvalue weighted by Gasteiger charge is -2.07. The lowest BCUT2D eigenvalue weighted by atomic mass is 10.1. The van der Waals surface area contributed by atoms with E-state index >= 15 is 0 Å². The third kappa shape index (κ3) is 5.90. The molecular weight excluding hydrogens is 394 g/mol. The Bertz CT molecular complexity index is 1040. The van der Waals surface area contributed by atoms with Gasteiger partial charge in [-0.2, -0.15) is 5.10 Å². The van der Waals surface area contributed by atoms with Crippen molar-refractivity contribution in [3.05, 3.63) is 71.3 Å². The number of aryl methyl sites for hydroxylation is 1. The number of allylic oxidation sites excluding steroid dienone is 1. The Labute approximate surface area is 181 Å². The van der Waals surface area contributed by atoms with Crippen LogP contribution in [0, 0.1) is 6.92 Å². The number of nitrogens with zero attached hydrogens (tertiary/aromatic N) is 4. The fraction of sp³-hybridized carbons (Fsp3) is 0.217. The van der Waals surface area contributed by atoms with Crippen LogP contribution in [0.4, 0.5) is 0 Å². The van der Waals surface area contributed by atoms with Gasteiger partial charge in [-0.1, -0.05) is 78.0 Å². The van der Waals surface area contributed by atoms with Crippen LogP contribution in [-0.2, 0) is 11.3 Å². The zero-order chi connectivity index (χ0) is 21.3. The second kappa shape index (κ2) is 10.5. The van der Waals surface area contributed by atoms with Crippen LogP contribution in [0.2, 0.25) is 0 Å². The van der Waals surface area contributed by atoms with E-state index in [-0.39, 0.29) is 11.7 Å². The quantitative estimate of drug-likeness (QED) is 0.330. The van der Waals surface area contributed by atoms with Gasteiger partial charge in [0, 0.05) is 12.1 Å². The first-order valence-corrected chi connectivity index (χ1v) is 10.7. The molecule has 0 saturated carbocycles. The standard InChI is InChI=1S/C23H25N5OS/c1-4-28-22(20-12-10-17(2)11-13-20)26-27-23(28)30-16-21(29)25-24-15-18(3)14-19-8-6-5-7-9-19/h5-15H,4,16H2,1-3H3,(H,25,29). The number of amides is 1. The average molecular weight is 420 g/mol. The van der Waals surface area contributed by atoms with Gasteiger partial charge in [-0.05, 0) is 31.9 Å².